The number of rotatable bonds is 4. The van der Waals surface area contributed by atoms with Gasteiger partial charge in [0.2, 0.25) is 0 Å². The molecule has 0 aliphatic heterocycles. The Morgan fingerprint density at radius 3 is 2.53 bits per heavy atom. The highest BCUT2D eigenvalue weighted by Crippen LogP contribution is 2.34. The fourth-order valence-electron chi connectivity index (χ4n) is 1.30. The van der Waals surface area contributed by atoms with E-state index in [0.29, 0.717) is 5.56 Å². The smallest absolute Gasteiger partial charge is 0.491 e. The summed E-state index contributed by atoms with van der Waals surface area (Å²) in [5.74, 6) is -0.950. The highest BCUT2D eigenvalue weighted by Gasteiger charge is 2.34. The quantitative estimate of drug-likeness (QED) is 0.833. The van der Waals surface area contributed by atoms with Crippen LogP contribution in [0.25, 0.3) is 0 Å². The van der Waals surface area contributed by atoms with Crippen LogP contribution in [0.5, 0.6) is 11.6 Å². The fraction of sp³-hybridized carbons (Fsp3) is 0.444. The molecular formula is C9H11F3N2O3. The van der Waals surface area contributed by atoms with Crippen molar-refractivity contribution in [2.24, 2.45) is 5.73 Å². The molecule has 17 heavy (non-hydrogen) atoms. The summed E-state index contributed by atoms with van der Waals surface area (Å²) in [5.41, 5.74) is 5.90. The lowest BCUT2D eigenvalue weighted by molar-refractivity contribution is -0.276. The Labute approximate surface area is 95.0 Å². The van der Waals surface area contributed by atoms with Crippen molar-refractivity contribution in [3.8, 4) is 11.6 Å². The summed E-state index contributed by atoms with van der Waals surface area (Å²) < 4.78 is 44.7. The van der Waals surface area contributed by atoms with E-state index in [1.165, 1.54) is 7.11 Å². The average Bonchev–Trinajstić information content (AvgIpc) is 2.26. The van der Waals surface area contributed by atoms with Crippen LogP contribution in [0.4, 0.5) is 13.2 Å². The highest BCUT2D eigenvalue weighted by molar-refractivity contribution is 5.45. The molecule has 8 heteroatoms. The van der Waals surface area contributed by atoms with Crippen LogP contribution in [0, 0.1) is 0 Å². The molecule has 5 nitrogen and oxygen atoms in total. The summed E-state index contributed by atoms with van der Waals surface area (Å²) in [4.78, 5) is 3.43. The van der Waals surface area contributed by atoms with Crippen molar-refractivity contribution in [3.63, 3.8) is 0 Å². The Morgan fingerprint density at radius 2 is 2.12 bits per heavy atom. The van der Waals surface area contributed by atoms with E-state index in [1.807, 2.05) is 0 Å². The molecular weight excluding hydrogens is 241 g/mol. The summed E-state index contributed by atoms with van der Waals surface area (Å²) >= 11 is 0. The molecule has 0 atom stereocenters. The second-order valence-corrected chi connectivity index (χ2v) is 3.01. The standard InChI is InChI=1S/C9H11F3N2O3/c1-16-7-6(2-13)5(4-15)3-14-8(7)17-9(10,11)12/h3,15H,2,4,13H2,1H3. The topological polar surface area (TPSA) is 77.6 Å². The summed E-state index contributed by atoms with van der Waals surface area (Å²) in [6, 6.07) is 0. The van der Waals surface area contributed by atoms with Gasteiger partial charge in [0, 0.05) is 23.9 Å². The number of nitrogens with zero attached hydrogens (tertiary/aromatic N) is 1. The monoisotopic (exact) mass is 252 g/mol. The zero-order chi connectivity index (χ0) is 13.1. The van der Waals surface area contributed by atoms with Crippen LogP contribution < -0.4 is 15.2 Å². The largest absolute Gasteiger partial charge is 0.574 e. The summed E-state index contributed by atoms with van der Waals surface area (Å²) in [7, 11) is 1.17. The molecule has 1 aromatic rings. The molecule has 1 aromatic heterocycles. The van der Waals surface area contributed by atoms with E-state index in [0.717, 1.165) is 6.20 Å². The van der Waals surface area contributed by atoms with Crippen LogP contribution in [0.3, 0.4) is 0 Å². The van der Waals surface area contributed by atoms with Gasteiger partial charge in [0.1, 0.15) is 0 Å². The molecule has 0 saturated carbocycles. The van der Waals surface area contributed by atoms with Crippen molar-refractivity contribution in [2.75, 3.05) is 7.11 Å². The zero-order valence-electron chi connectivity index (χ0n) is 8.91. The molecule has 0 spiro atoms. The molecule has 96 valence electrons. The van der Waals surface area contributed by atoms with Gasteiger partial charge in [-0.3, -0.25) is 0 Å². The van der Waals surface area contributed by atoms with Gasteiger partial charge in [0.25, 0.3) is 5.88 Å². The molecule has 0 saturated heterocycles. The predicted octanol–water partition coefficient (Wildman–Crippen LogP) is 0.940. The van der Waals surface area contributed by atoms with Gasteiger partial charge in [-0.05, 0) is 0 Å². The SMILES string of the molecule is COc1c(OC(F)(F)F)ncc(CO)c1CN. The van der Waals surface area contributed by atoms with Crippen LogP contribution in [-0.2, 0) is 13.2 Å². The first kappa shape index (κ1) is 13.5. The first-order valence-corrected chi connectivity index (χ1v) is 4.54. The number of ether oxygens (including phenoxy) is 2. The lowest BCUT2D eigenvalue weighted by Crippen LogP contribution is -2.19. The number of hydrogen-bond acceptors (Lipinski definition) is 5. The molecule has 3 N–H and O–H groups in total. The Morgan fingerprint density at radius 1 is 1.47 bits per heavy atom. The number of aromatic nitrogens is 1. The van der Waals surface area contributed by atoms with E-state index in [4.69, 9.17) is 15.6 Å². The van der Waals surface area contributed by atoms with Gasteiger partial charge in [0.05, 0.1) is 13.7 Å². The molecule has 1 rings (SSSR count). The van der Waals surface area contributed by atoms with Crippen LogP contribution in [0.1, 0.15) is 11.1 Å². The molecule has 0 radical (unpaired) electrons. The second-order valence-electron chi connectivity index (χ2n) is 3.01. The Hall–Kier alpha value is -1.54. The molecule has 0 aliphatic carbocycles. The normalized spacial score (nSPS) is 11.4. The first-order valence-electron chi connectivity index (χ1n) is 4.54. The third-order valence-electron chi connectivity index (χ3n) is 1.98. The third kappa shape index (κ3) is 3.21. The number of pyridine rings is 1. The number of aliphatic hydroxyl groups excluding tert-OH is 1. The van der Waals surface area contributed by atoms with Crippen molar-refractivity contribution in [2.45, 2.75) is 19.5 Å². The second kappa shape index (κ2) is 5.19. The predicted molar refractivity (Wildman–Crippen MR) is 51.3 cm³/mol. The molecule has 0 aliphatic rings. The third-order valence-corrected chi connectivity index (χ3v) is 1.98. The molecule has 1 heterocycles. The van der Waals surface area contributed by atoms with Crippen LogP contribution >= 0.6 is 0 Å². The minimum Gasteiger partial charge on any atom is -0.491 e. The number of nitrogens with two attached hydrogens (primary N) is 1. The Balaban J connectivity index is 3.23. The molecule has 0 bridgehead atoms. The highest BCUT2D eigenvalue weighted by atomic mass is 19.4. The van der Waals surface area contributed by atoms with Crippen molar-refractivity contribution in [1.29, 1.82) is 0 Å². The van der Waals surface area contributed by atoms with Gasteiger partial charge < -0.3 is 20.3 Å². The number of methoxy groups -OCH3 is 1. The molecule has 0 amide bonds. The van der Waals surface area contributed by atoms with Crippen molar-refractivity contribution < 1.29 is 27.8 Å². The van der Waals surface area contributed by atoms with E-state index < -0.39 is 18.8 Å². The molecule has 0 aromatic carbocycles. The van der Waals surface area contributed by atoms with E-state index in [9.17, 15) is 13.2 Å². The molecule has 0 fully saturated rings. The van der Waals surface area contributed by atoms with Gasteiger partial charge >= 0.3 is 6.36 Å². The maximum Gasteiger partial charge on any atom is 0.574 e. The lowest BCUT2D eigenvalue weighted by atomic mass is 10.1. The van der Waals surface area contributed by atoms with Gasteiger partial charge in [-0.15, -0.1) is 13.2 Å². The van der Waals surface area contributed by atoms with E-state index >= 15 is 0 Å². The number of hydrogen-bond donors (Lipinski definition) is 2. The minimum atomic E-state index is -4.87. The van der Waals surface area contributed by atoms with Crippen LogP contribution in [-0.4, -0.2) is 23.6 Å². The zero-order valence-corrected chi connectivity index (χ0v) is 8.91. The summed E-state index contributed by atoms with van der Waals surface area (Å²) in [6.07, 6.45) is -3.81. The number of halogens is 3. The van der Waals surface area contributed by atoms with Gasteiger partial charge in [-0.25, -0.2) is 4.98 Å². The number of alkyl halides is 3. The maximum absolute atomic E-state index is 12.1. The minimum absolute atomic E-state index is 0.101. The van der Waals surface area contributed by atoms with E-state index in [-0.39, 0.29) is 17.9 Å². The summed E-state index contributed by atoms with van der Waals surface area (Å²) in [6.45, 7) is -0.502. The summed E-state index contributed by atoms with van der Waals surface area (Å²) in [5, 5.41) is 8.98. The van der Waals surface area contributed by atoms with Gasteiger partial charge in [-0.2, -0.15) is 0 Å². The maximum atomic E-state index is 12.1. The van der Waals surface area contributed by atoms with Crippen LogP contribution in [0.15, 0.2) is 6.20 Å². The Bertz CT molecular complexity index is 396. The molecule has 0 unspecified atom stereocenters. The van der Waals surface area contributed by atoms with Gasteiger partial charge in [0.15, 0.2) is 5.75 Å². The average molecular weight is 252 g/mol. The first-order chi connectivity index (χ1) is 7.92. The van der Waals surface area contributed by atoms with E-state index in [1.54, 1.807) is 0 Å². The Kier molecular flexibility index (Phi) is 4.13. The van der Waals surface area contributed by atoms with E-state index in [2.05, 4.69) is 9.72 Å². The number of aliphatic hydroxyl groups is 1. The lowest BCUT2D eigenvalue weighted by Gasteiger charge is -2.15. The van der Waals surface area contributed by atoms with Gasteiger partial charge in [-0.1, -0.05) is 0 Å². The van der Waals surface area contributed by atoms with Crippen molar-refractivity contribution >= 4 is 0 Å². The fourth-order valence-corrected chi connectivity index (χ4v) is 1.30. The van der Waals surface area contributed by atoms with Crippen molar-refractivity contribution in [1.82, 2.24) is 4.98 Å². The van der Waals surface area contributed by atoms with Crippen molar-refractivity contribution in [3.05, 3.63) is 17.3 Å². The van der Waals surface area contributed by atoms with Crippen LogP contribution in [0.2, 0.25) is 0 Å².